The van der Waals surface area contributed by atoms with Crippen molar-refractivity contribution in [2.75, 3.05) is 0 Å². The van der Waals surface area contributed by atoms with Crippen LogP contribution in [0.1, 0.15) is 38.5 Å². The molecule has 1 heteroatoms. The van der Waals surface area contributed by atoms with E-state index in [1.54, 1.807) is 38.5 Å². The molecule has 3 aliphatic rings. The Morgan fingerprint density at radius 1 is 0.727 bits per heavy atom. The monoisotopic (exact) mass is 153 g/mol. The molecular weight excluding hydrogens is 134 g/mol. The lowest BCUT2D eigenvalue weighted by Crippen LogP contribution is -2.15. The molecule has 1 nitrogen and oxygen atoms in total. The highest BCUT2D eigenvalue weighted by molar-refractivity contribution is 4.98. The zero-order valence-electron chi connectivity index (χ0n) is 7.26. The van der Waals surface area contributed by atoms with Gasteiger partial charge < -0.3 is 6.15 Å². The van der Waals surface area contributed by atoms with Crippen LogP contribution in [0, 0.1) is 23.7 Å². The van der Waals surface area contributed by atoms with Gasteiger partial charge >= 0.3 is 0 Å². The minimum atomic E-state index is 0. The van der Waals surface area contributed by atoms with E-state index in [0.29, 0.717) is 0 Å². The fourth-order valence-electron chi connectivity index (χ4n) is 4.02. The zero-order valence-corrected chi connectivity index (χ0v) is 7.26. The summed E-state index contributed by atoms with van der Waals surface area (Å²) in [7, 11) is 0. The third-order valence-electron chi connectivity index (χ3n) is 4.35. The van der Waals surface area contributed by atoms with Crippen molar-refractivity contribution < 1.29 is 0 Å². The molecule has 2 bridgehead atoms. The van der Waals surface area contributed by atoms with Crippen LogP contribution in [-0.2, 0) is 0 Å². The van der Waals surface area contributed by atoms with Crippen molar-refractivity contribution in [1.29, 1.82) is 0 Å². The fraction of sp³-hybridized carbons (Fsp3) is 1.00. The molecule has 4 atom stereocenters. The van der Waals surface area contributed by atoms with Gasteiger partial charge in [0.05, 0.1) is 0 Å². The third-order valence-corrected chi connectivity index (χ3v) is 4.35. The van der Waals surface area contributed by atoms with Gasteiger partial charge in [0.25, 0.3) is 0 Å². The number of fused-ring (bicyclic) bond motifs is 5. The van der Waals surface area contributed by atoms with E-state index in [1.165, 1.54) is 23.7 Å². The van der Waals surface area contributed by atoms with E-state index in [1.807, 2.05) is 0 Å². The minimum Gasteiger partial charge on any atom is -0.344 e. The zero-order chi connectivity index (χ0) is 6.55. The maximum atomic E-state index is 1.62. The van der Waals surface area contributed by atoms with E-state index >= 15 is 0 Å². The average molecular weight is 153 g/mol. The Morgan fingerprint density at radius 3 is 1.82 bits per heavy atom. The Morgan fingerprint density at radius 2 is 1.27 bits per heavy atom. The van der Waals surface area contributed by atoms with Crippen LogP contribution in [0.2, 0.25) is 0 Å². The highest BCUT2D eigenvalue weighted by Gasteiger charge is 2.48. The van der Waals surface area contributed by atoms with Crippen molar-refractivity contribution >= 4 is 0 Å². The molecule has 0 radical (unpaired) electrons. The van der Waals surface area contributed by atoms with Crippen molar-refractivity contribution in [3.63, 3.8) is 0 Å². The summed E-state index contributed by atoms with van der Waals surface area (Å²) in [6.07, 6.45) is 9.53. The van der Waals surface area contributed by atoms with Crippen LogP contribution >= 0.6 is 0 Å². The predicted octanol–water partition coefficient (Wildman–Crippen LogP) is 2.99. The molecule has 0 aromatic carbocycles. The normalized spacial score (nSPS) is 52.4. The Hall–Kier alpha value is -0.0400. The maximum Gasteiger partial charge on any atom is -0.0355 e. The molecule has 0 aromatic rings. The molecule has 0 heterocycles. The Balaban J connectivity index is 0.000000480. The number of rotatable bonds is 0. The van der Waals surface area contributed by atoms with Gasteiger partial charge in [0.1, 0.15) is 0 Å². The smallest absolute Gasteiger partial charge is 0.0355 e. The molecule has 3 N–H and O–H groups in total. The summed E-state index contributed by atoms with van der Waals surface area (Å²) in [6.45, 7) is 0. The van der Waals surface area contributed by atoms with Gasteiger partial charge in [-0.1, -0.05) is 6.42 Å². The van der Waals surface area contributed by atoms with Gasteiger partial charge in [-0.3, -0.25) is 0 Å². The minimum absolute atomic E-state index is 0. The summed E-state index contributed by atoms with van der Waals surface area (Å²) < 4.78 is 0. The maximum absolute atomic E-state index is 1.62. The molecule has 3 rings (SSSR count). The van der Waals surface area contributed by atoms with Gasteiger partial charge in [-0.2, -0.15) is 0 Å². The lowest BCUT2D eigenvalue weighted by Gasteiger charge is -2.23. The molecule has 0 amide bonds. The Labute approximate surface area is 69.1 Å². The second-order valence-electron chi connectivity index (χ2n) is 4.59. The van der Waals surface area contributed by atoms with Crippen LogP contribution in [-0.4, -0.2) is 0 Å². The van der Waals surface area contributed by atoms with E-state index < -0.39 is 0 Å². The first-order valence-electron chi connectivity index (χ1n) is 4.95. The first-order chi connectivity index (χ1) is 4.95. The van der Waals surface area contributed by atoms with E-state index in [4.69, 9.17) is 0 Å². The second kappa shape index (κ2) is 2.48. The molecule has 64 valence electrons. The van der Waals surface area contributed by atoms with Crippen molar-refractivity contribution in [3.05, 3.63) is 0 Å². The fourth-order valence-corrected chi connectivity index (χ4v) is 4.02. The van der Waals surface area contributed by atoms with Crippen LogP contribution < -0.4 is 6.15 Å². The predicted molar refractivity (Wildman–Crippen MR) is 46.7 cm³/mol. The SMILES string of the molecule is C1CC2C3CCC(C3)C2C1.N. The molecule has 0 aliphatic heterocycles. The summed E-state index contributed by atoms with van der Waals surface area (Å²) in [5.41, 5.74) is 0. The molecule has 3 aliphatic carbocycles. The lowest BCUT2D eigenvalue weighted by atomic mass is 9.82. The summed E-state index contributed by atoms with van der Waals surface area (Å²) >= 11 is 0. The summed E-state index contributed by atoms with van der Waals surface area (Å²) in [4.78, 5) is 0. The topological polar surface area (TPSA) is 35.0 Å². The highest BCUT2D eigenvalue weighted by Crippen LogP contribution is 2.58. The molecule has 0 saturated heterocycles. The molecule has 0 aromatic heterocycles. The van der Waals surface area contributed by atoms with Crippen LogP contribution in [0.25, 0.3) is 0 Å². The van der Waals surface area contributed by atoms with Crippen LogP contribution in [0.15, 0.2) is 0 Å². The van der Waals surface area contributed by atoms with Crippen LogP contribution in [0.5, 0.6) is 0 Å². The van der Waals surface area contributed by atoms with E-state index in [-0.39, 0.29) is 6.15 Å². The van der Waals surface area contributed by atoms with Gasteiger partial charge in [0.2, 0.25) is 0 Å². The number of hydrogen-bond acceptors (Lipinski definition) is 1. The summed E-state index contributed by atoms with van der Waals surface area (Å²) in [5, 5.41) is 0. The average Bonchev–Trinajstić information content (AvgIpc) is 2.60. The Kier molecular flexibility index (Phi) is 1.71. The van der Waals surface area contributed by atoms with Crippen LogP contribution in [0.3, 0.4) is 0 Å². The first-order valence-corrected chi connectivity index (χ1v) is 4.95. The van der Waals surface area contributed by atoms with Gasteiger partial charge in [-0.15, -0.1) is 0 Å². The van der Waals surface area contributed by atoms with Crippen molar-refractivity contribution in [3.8, 4) is 0 Å². The molecule has 3 saturated carbocycles. The van der Waals surface area contributed by atoms with E-state index in [2.05, 4.69) is 0 Å². The highest BCUT2D eigenvalue weighted by atomic mass is 14.5. The van der Waals surface area contributed by atoms with Crippen molar-refractivity contribution in [1.82, 2.24) is 6.15 Å². The van der Waals surface area contributed by atoms with Gasteiger partial charge in [-0.25, -0.2) is 0 Å². The van der Waals surface area contributed by atoms with Crippen LogP contribution in [0.4, 0.5) is 0 Å². The first kappa shape index (κ1) is 7.60. The van der Waals surface area contributed by atoms with Gasteiger partial charge in [0.15, 0.2) is 0 Å². The van der Waals surface area contributed by atoms with Crippen molar-refractivity contribution in [2.24, 2.45) is 23.7 Å². The third kappa shape index (κ3) is 0.868. The summed E-state index contributed by atoms with van der Waals surface area (Å²) in [6, 6.07) is 0. The molecular formula is C10H19N. The largest absolute Gasteiger partial charge is 0.344 e. The lowest BCUT2D eigenvalue weighted by molar-refractivity contribution is 0.259. The molecule has 4 unspecified atom stereocenters. The molecule has 3 fully saturated rings. The molecule has 0 spiro atoms. The van der Waals surface area contributed by atoms with E-state index in [0.717, 1.165) is 0 Å². The van der Waals surface area contributed by atoms with Crippen molar-refractivity contribution in [2.45, 2.75) is 38.5 Å². The Bertz CT molecular complexity index is 139. The number of hydrogen-bond donors (Lipinski definition) is 1. The second-order valence-corrected chi connectivity index (χ2v) is 4.59. The quantitative estimate of drug-likeness (QED) is 0.570. The summed E-state index contributed by atoms with van der Waals surface area (Å²) in [5.74, 6) is 4.80. The van der Waals surface area contributed by atoms with E-state index in [9.17, 15) is 0 Å². The van der Waals surface area contributed by atoms with Gasteiger partial charge in [-0.05, 0) is 55.8 Å². The molecule has 11 heavy (non-hydrogen) atoms. The van der Waals surface area contributed by atoms with Gasteiger partial charge in [0, 0.05) is 0 Å². The standard InChI is InChI=1S/C10H16.H3N/c1-2-9-7-4-5-8(6-7)10(9)3-1;/h7-10H,1-6H2;1H3.